The van der Waals surface area contributed by atoms with E-state index < -0.39 is 17.6 Å². The third kappa shape index (κ3) is 9.23. The predicted molar refractivity (Wildman–Crippen MR) is 135 cm³/mol. The topological polar surface area (TPSA) is 72.5 Å². The minimum atomic E-state index is -2.94. The van der Waals surface area contributed by atoms with Gasteiger partial charge in [-0.05, 0) is 84.6 Å². The molecule has 0 aliphatic carbocycles. The number of hydrogen-bond donors (Lipinski definition) is 0. The third-order valence-electron chi connectivity index (χ3n) is 5.21. The number of carbonyl (C=O) groups is 1. The lowest BCUT2D eigenvalue weighted by Crippen LogP contribution is -2.46. The van der Waals surface area contributed by atoms with E-state index in [-0.39, 0.29) is 11.6 Å². The smallest absolute Gasteiger partial charge is 0.374 e. The largest absolute Gasteiger partial charge is 0.501 e. The Kier molecular flexibility index (Phi) is 14.5. The van der Waals surface area contributed by atoms with E-state index in [2.05, 4.69) is 0 Å². The maximum Gasteiger partial charge on any atom is 0.501 e. The molecule has 196 valence electrons. The molecular weight excluding hydrogens is 475 g/mol. The van der Waals surface area contributed by atoms with Gasteiger partial charge in [-0.1, -0.05) is 0 Å². The fourth-order valence-electron chi connectivity index (χ4n) is 4.15. The maximum absolute atomic E-state index is 14.7. The number of rotatable bonds is 19. The lowest BCUT2D eigenvalue weighted by Gasteiger charge is -2.29. The highest BCUT2D eigenvalue weighted by molar-refractivity contribution is 6.61. The zero-order valence-electron chi connectivity index (χ0n) is 22.0. The minimum absolute atomic E-state index is 0.113. The van der Waals surface area contributed by atoms with Gasteiger partial charge in [0.15, 0.2) is 5.78 Å². The van der Waals surface area contributed by atoms with E-state index in [1.54, 1.807) is 0 Å². The minimum Gasteiger partial charge on any atom is -0.374 e. The molecule has 0 unspecified atom stereocenters. The van der Waals surface area contributed by atoms with Gasteiger partial charge < -0.3 is 26.6 Å². The standard InChI is InChI=1S/C24H43FO7Si2/c1-8-27-33(28-9-2,29-10-3)16-14-21-18-23(25)19-22(24(21)20(7)26)15-17-34(30-11-4,31-12-5)32-13-6/h18-19H,8-17H2,1-7H3. The van der Waals surface area contributed by atoms with E-state index in [0.29, 0.717) is 81.3 Å². The van der Waals surface area contributed by atoms with E-state index in [1.165, 1.54) is 19.1 Å². The molecule has 1 rings (SSSR count). The SMILES string of the molecule is CCO[Si](CCc1cc(F)cc(CC[Si](OCC)(OCC)OCC)c1C(C)=O)(OCC)OCC. The van der Waals surface area contributed by atoms with Gasteiger partial charge in [0.2, 0.25) is 0 Å². The van der Waals surface area contributed by atoms with Crippen LogP contribution >= 0.6 is 0 Å². The molecule has 0 spiro atoms. The van der Waals surface area contributed by atoms with Crippen LogP contribution in [0.25, 0.3) is 0 Å². The van der Waals surface area contributed by atoms with Crippen molar-refractivity contribution in [3.63, 3.8) is 0 Å². The number of aryl methyl sites for hydroxylation is 2. The molecule has 0 aromatic heterocycles. The highest BCUT2D eigenvalue weighted by Gasteiger charge is 2.41. The highest BCUT2D eigenvalue weighted by atomic mass is 28.4. The Labute approximate surface area is 207 Å². The molecule has 0 aliphatic rings. The molecule has 0 bridgehead atoms. The Morgan fingerprint density at radius 1 is 0.676 bits per heavy atom. The molecule has 1 aromatic rings. The van der Waals surface area contributed by atoms with Crippen LogP contribution in [0.1, 0.15) is 70.0 Å². The predicted octanol–water partition coefficient (Wildman–Crippen LogP) is 5.21. The lowest BCUT2D eigenvalue weighted by atomic mass is 9.94. The van der Waals surface area contributed by atoms with Gasteiger partial charge in [0.05, 0.1) is 0 Å². The van der Waals surface area contributed by atoms with Crippen LogP contribution in [0.15, 0.2) is 12.1 Å². The van der Waals surface area contributed by atoms with Gasteiger partial charge in [0.1, 0.15) is 5.82 Å². The molecule has 7 nitrogen and oxygen atoms in total. The molecule has 1 aromatic carbocycles. The van der Waals surface area contributed by atoms with Crippen molar-refractivity contribution in [2.75, 3.05) is 39.6 Å². The van der Waals surface area contributed by atoms with Gasteiger partial charge in [-0.25, -0.2) is 4.39 Å². The summed E-state index contributed by atoms with van der Waals surface area (Å²) < 4.78 is 50.3. The molecule has 0 fully saturated rings. The molecule has 0 amide bonds. The first-order valence-electron chi connectivity index (χ1n) is 12.4. The van der Waals surface area contributed by atoms with E-state index in [9.17, 15) is 9.18 Å². The molecule has 0 heterocycles. The number of carbonyl (C=O) groups excluding carboxylic acids is 1. The van der Waals surface area contributed by atoms with Crippen LogP contribution in [0.4, 0.5) is 4.39 Å². The zero-order valence-corrected chi connectivity index (χ0v) is 24.0. The van der Waals surface area contributed by atoms with Gasteiger partial charge in [0, 0.05) is 57.3 Å². The maximum atomic E-state index is 14.7. The number of hydrogen-bond acceptors (Lipinski definition) is 7. The molecule has 10 heteroatoms. The summed E-state index contributed by atoms with van der Waals surface area (Å²) in [6.45, 7) is 15.6. The summed E-state index contributed by atoms with van der Waals surface area (Å²) in [5.74, 6) is -0.499. The van der Waals surface area contributed by atoms with E-state index >= 15 is 0 Å². The van der Waals surface area contributed by atoms with Crippen molar-refractivity contribution in [3.8, 4) is 0 Å². The van der Waals surface area contributed by atoms with Gasteiger partial charge >= 0.3 is 17.6 Å². The molecular formula is C24H43FO7Si2. The fraction of sp³-hybridized carbons (Fsp3) is 0.708. The third-order valence-corrected chi connectivity index (χ3v) is 11.3. The lowest BCUT2D eigenvalue weighted by molar-refractivity contribution is 0.0707. The van der Waals surface area contributed by atoms with Crippen molar-refractivity contribution >= 4 is 23.4 Å². The Hall–Kier alpha value is -0.986. The average Bonchev–Trinajstić information content (AvgIpc) is 2.77. The Morgan fingerprint density at radius 3 is 1.21 bits per heavy atom. The van der Waals surface area contributed by atoms with Gasteiger partial charge in [-0.3, -0.25) is 4.79 Å². The second kappa shape index (κ2) is 15.9. The van der Waals surface area contributed by atoms with Crippen molar-refractivity contribution in [3.05, 3.63) is 34.6 Å². The summed E-state index contributed by atoms with van der Waals surface area (Å²) in [5.41, 5.74) is 1.80. The van der Waals surface area contributed by atoms with E-state index in [0.717, 1.165) is 0 Å². The normalized spacial score (nSPS) is 12.4. The molecule has 0 saturated carbocycles. The quantitative estimate of drug-likeness (QED) is 0.184. The van der Waals surface area contributed by atoms with Crippen LogP contribution in [0.3, 0.4) is 0 Å². The van der Waals surface area contributed by atoms with Crippen molar-refractivity contribution in [1.82, 2.24) is 0 Å². The van der Waals surface area contributed by atoms with Crippen LogP contribution in [0.5, 0.6) is 0 Å². The average molecular weight is 519 g/mol. The van der Waals surface area contributed by atoms with Gasteiger partial charge in [-0.2, -0.15) is 0 Å². The summed E-state index contributed by atoms with van der Waals surface area (Å²) in [4.78, 5) is 12.7. The number of ketones is 1. The van der Waals surface area contributed by atoms with Crippen molar-refractivity contribution < 1.29 is 35.7 Å². The van der Waals surface area contributed by atoms with E-state index in [1.807, 2.05) is 41.5 Å². The zero-order chi connectivity index (χ0) is 25.6. The van der Waals surface area contributed by atoms with Gasteiger partial charge in [-0.15, -0.1) is 0 Å². The van der Waals surface area contributed by atoms with E-state index in [4.69, 9.17) is 26.6 Å². The Morgan fingerprint density at radius 2 is 0.971 bits per heavy atom. The van der Waals surface area contributed by atoms with Crippen LogP contribution in [0, 0.1) is 5.82 Å². The van der Waals surface area contributed by atoms with Gasteiger partial charge in [0.25, 0.3) is 0 Å². The Bertz CT molecular complexity index is 663. The van der Waals surface area contributed by atoms with Crippen LogP contribution < -0.4 is 0 Å². The number of Topliss-reactive ketones (excluding diaryl/α,β-unsaturated/α-hetero) is 1. The first-order chi connectivity index (χ1) is 16.3. The molecule has 0 radical (unpaired) electrons. The van der Waals surface area contributed by atoms with Crippen molar-refractivity contribution in [2.24, 2.45) is 0 Å². The molecule has 34 heavy (non-hydrogen) atoms. The monoisotopic (exact) mass is 518 g/mol. The number of halogens is 1. The molecule has 0 atom stereocenters. The highest BCUT2D eigenvalue weighted by Crippen LogP contribution is 2.27. The second-order valence-electron chi connectivity index (χ2n) is 7.62. The summed E-state index contributed by atoms with van der Waals surface area (Å²) in [5, 5.41) is 0. The fourth-order valence-corrected chi connectivity index (χ4v) is 9.31. The molecule has 0 saturated heterocycles. The summed E-state index contributed by atoms with van der Waals surface area (Å²) in [7, 11) is -5.88. The van der Waals surface area contributed by atoms with Crippen LogP contribution in [0.2, 0.25) is 12.1 Å². The second-order valence-corrected chi connectivity index (χ2v) is 13.1. The number of benzene rings is 1. The van der Waals surface area contributed by atoms with Crippen molar-refractivity contribution in [1.29, 1.82) is 0 Å². The summed E-state index contributed by atoms with van der Waals surface area (Å²) in [6.07, 6.45) is 0.827. The first-order valence-corrected chi connectivity index (χ1v) is 16.3. The molecule has 0 aliphatic heterocycles. The summed E-state index contributed by atoms with van der Waals surface area (Å²) >= 11 is 0. The first kappa shape index (κ1) is 31.0. The Balaban J connectivity index is 3.29. The summed E-state index contributed by atoms with van der Waals surface area (Å²) in [6, 6.07) is 3.78. The van der Waals surface area contributed by atoms with Crippen LogP contribution in [-0.2, 0) is 39.4 Å². The van der Waals surface area contributed by atoms with Crippen molar-refractivity contribution in [2.45, 2.75) is 73.4 Å². The molecule has 0 N–H and O–H groups in total. The van der Waals surface area contributed by atoms with Crippen LogP contribution in [-0.4, -0.2) is 63.0 Å².